The highest BCUT2D eigenvalue weighted by atomic mass is 16.4. The lowest BCUT2D eigenvalue weighted by molar-refractivity contribution is -0.137. The van der Waals surface area contributed by atoms with Gasteiger partial charge in [0.15, 0.2) is 0 Å². The van der Waals surface area contributed by atoms with Gasteiger partial charge in [-0.3, -0.25) is 4.79 Å². The van der Waals surface area contributed by atoms with Crippen LogP contribution in [0.5, 0.6) is 0 Å². The second-order valence-corrected chi connectivity index (χ2v) is 6.80. The molecule has 0 saturated carbocycles. The fourth-order valence-electron chi connectivity index (χ4n) is 2.88. The molecule has 3 nitrogen and oxygen atoms in total. The topological polar surface area (TPSA) is 57.5 Å². The lowest BCUT2D eigenvalue weighted by Crippen LogP contribution is -2.17. The molecule has 0 radical (unpaired) electrons. The first-order chi connectivity index (χ1) is 10.6. The summed E-state index contributed by atoms with van der Waals surface area (Å²) >= 11 is 0. The molecule has 2 atom stereocenters. The largest absolute Gasteiger partial charge is 0.481 e. The van der Waals surface area contributed by atoms with E-state index in [1.165, 1.54) is 32.1 Å². The van der Waals surface area contributed by atoms with E-state index < -0.39 is 5.97 Å². The lowest BCUT2D eigenvalue weighted by Gasteiger charge is -2.18. The Morgan fingerprint density at radius 3 is 1.91 bits per heavy atom. The minimum atomic E-state index is -0.688. The first-order valence-electron chi connectivity index (χ1n) is 9.47. The van der Waals surface area contributed by atoms with Crippen LogP contribution in [0.15, 0.2) is 0 Å². The smallest absolute Gasteiger partial charge is 0.303 e. The molecule has 0 heterocycles. The molecule has 132 valence electrons. The molecule has 0 amide bonds. The summed E-state index contributed by atoms with van der Waals surface area (Å²) < 4.78 is 0. The van der Waals surface area contributed by atoms with Crippen molar-refractivity contribution in [3.63, 3.8) is 0 Å². The summed E-state index contributed by atoms with van der Waals surface area (Å²) in [6.45, 7) is 4.39. The van der Waals surface area contributed by atoms with Crippen LogP contribution in [0, 0.1) is 5.92 Å². The monoisotopic (exact) mass is 314 g/mol. The molecule has 0 rings (SSSR count). The summed E-state index contributed by atoms with van der Waals surface area (Å²) in [5.41, 5.74) is 0. The summed E-state index contributed by atoms with van der Waals surface area (Å²) in [5.74, 6) is -0.291. The fourth-order valence-corrected chi connectivity index (χ4v) is 2.88. The van der Waals surface area contributed by atoms with Crippen molar-refractivity contribution in [1.82, 2.24) is 0 Å². The molecule has 0 aromatic carbocycles. The molecule has 0 fully saturated rings. The van der Waals surface area contributed by atoms with Crippen LogP contribution in [-0.2, 0) is 4.79 Å². The summed E-state index contributed by atoms with van der Waals surface area (Å²) in [4.78, 5) is 10.4. The second-order valence-electron chi connectivity index (χ2n) is 6.80. The average molecular weight is 315 g/mol. The zero-order valence-electron chi connectivity index (χ0n) is 14.9. The third-order valence-corrected chi connectivity index (χ3v) is 4.56. The van der Waals surface area contributed by atoms with E-state index in [-0.39, 0.29) is 6.10 Å². The Morgan fingerprint density at radius 1 is 0.818 bits per heavy atom. The number of aliphatic hydroxyl groups is 1. The van der Waals surface area contributed by atoms with Crippen LogP contribution in [0.2, 0.25) is 0 Å². The predicted octanol–water partition coefficient (Wildman–Crippen LogP) is 5.55. The summed E-state index contributed by atoms with van der Waals surface area (Å²) in [5, 5.41) is 18.7. The van der Waals surface area contributed by atoms with Crippen molar-refractivity contribution in [3.05, 3.63) is 0 Å². The normalized spacial score (nSPS) is 14.0. The number of aliphatic carboxylic acids is 1. The van der Waals surface area contributed by atoms with Gasteiger partial charge in [-0.05, 0) is 25.2 Å². The first kappa shape index (κ1) is 21.4. The molecule has 0 aliphatic carbocycles. The van der Waals surface area contributed by atoms with E-state index in [4.69, 9.17) is 5.11 Å². The van der Waals surface area contributed by atoms with Crippen molar-refractivity contribution in [3.8, 4) is 0 Å². The van der Waals surface area contributed by atoms with Gasteiger partial charge >= 0.3 is 5.97 Å². The highest BCUT2D eigenvalue weighted by molar-refractivity contribution is 5.66. The summed E-state index contributed by atoms with van der Waals surface area (Å²) in [6, 6.07) is 0. The number of unbranched alkanes of at least 4 members (excludes halogenated alkanes) is 9. The fraction of sp³-hybridized carbons (Fsp3) is 0.947. The van der Waals surface area contributed by atoms with Crippen molar-refractivity contribution in [1.29, 1.82) is 0 Å². The number of carboxylic acid groups (broad SMARTS) is 1. The van der Waals surface area contributed by atoms with E-state index >= 15 is 0 Å². The maximum absolute atomic E-state index is 10.4. The highest BCUT2D eigenvalue weighted by Crippen LogP contribution is 2.19. The van der Waals surface area contributed by atoms with E-state index in [1.807, 2.05) is 0 Å². The maximum atomic E-state index is 10.4. The summed E-state index contributed by atoms with van der Waals surface area (Å²) in [6.07, 6.45) is 15.1. The molecule has 0 saturated heterocycles. The van der Waals surface area contributed by atoms with Crippen LogP contribution in [0.25, 0.3) is 0 Å². The van der Waals surface area contributed by atoms with Gasteiger partial charge in [0.1, 0.15) is 0 Å². The van der Waals surface area contributed by atoms with Crippen LogP contribution in [0.4, 0.5) is 0 Å². The maximum Gasteiger partial charge on any atom is 0.303 e. The number of rotatable bonds is 16. The molecule has 0 bridgehead atoms. The minimum absolute atomic E-state index is 0.141. The molecule has 0 spiro atoms. The van der Waals surface area contributed by atoms with Gasteiger partial charge in [0, 0.05) is 6.42 Å². The Balaban J connectivity index is 3.38. The molecule has 2 unspecified atom stereocenters. The van der Waals surface area contributed by atoms with E-state index in [2.05, 4.69) is 13.8 Å². The Morgan fingerprint density at radius 2 is 1.32 bits per heavy atom. The Hall–Kier alpha value is -0.570. The third kappa shape index (κ3) is 14.4. The van der Waals surface area contributed by atoms with Crippen LogP contribution in [-0.4, -0.2) is 22.3 Å². The summed E-state index contributed by atoms with van der Waals surface area (Å²) in [7, 11) is 0. The molecule has 2 N–H and O–H groups in total. The SMILES string of the molecule is CCCCCCCCC(O)C(C)CCCCCCCC(=O)O. The van der Waals surface area contributed by atoms with E-state index in [0.29, 0.717) is 12.3 Å². The number of carboxylic acids is 1. The van der Waals surface area contributed by atoms with Crippen LogP contribution < -0.4 is 0 Å². The molecule has 0 aliphatic heterocycles. The van der Waals surface area contributed by atoms with E-state index in [1.54, 1.807) is 0 Å². The molecule has 3 heteroatoms. The number of aliphatic hydroxyl groups excluding tert-OH is 1. The third-order valence-electron chi connectivity index (χ3n) is 4.56. The van der Waals surface area contributed by atoms with Gasteiger partial charge in [-0.15, -0.1) is 0 Å². The standard InChI is InChI=1S/C19H38O3/c1-3-4-5-6-9-12-15-18(20)17(2)14-11-8-7-10-13-16-19(21)22/h17-18,20H,3-16H2,1-2H3,(H,21,22). The van der Waals surface area contributed by atoms with Crippen LogP contribution >= 0.6 is 0 Å². The average Bonchev–Trinajstić information content (AvgIpc) is 2.49. The number of hydrogen-bond donors (Lipinski definition) is 2. The molecular formula is C19H38O3. The van der Waals surface area contributed by atoms with Gasteiger partial charge in [0.25, 0.3) is 0 Å². The molecular weight excluding hydrogens is 276 g/mol. The molecule has 22 heavy (non-hydrogen) atoms. The highest BCUT2D eigenvalue weighted by Gasteiger charge is 2.13. The van der Waals surface area contributed by atoms with Gasteiger partial charge in [0.05, 0.1) is 6.10 Å². The molecule has 0 aliphatic rings. The second kappa shape index (κ2) is 15.3. The number of hydrogen-bond acceptors (Lipinski definition) is 2. The zero-order valence-corrected chi connectivity index (χ0v) is 14.9. The number of carbonyl (C=O) groups is 1. The van der Waals surface area contributed by atoms with Gasteiger partial charge in [-0.2, -0.15) is 0 Å². The van der Waals surface area contributed by atoms with Gasteiger partial charge in [-0.1, -0.05) is 78.1 Å². The molecule has 0 aromatic heterocycles. The van der Waals surface area contributed by atoms with Crippen molar-refractivity contribution < 1.29 is 15.0 Å². The Kier molecular flexibility index (Phi) is 14.9. The molecule has 0 aromatic rings. The van der Waals surface area contributed by atoms with Gasteiger partial charge in [0.2, 0.25) is 0 Å². The van der Waals surface area contributed by atoms with Gasteiger partial charge < -0.3 is 10.2 Å². The van der Waals surface area contributed by atoms with Crippen molar-refractivity contribution >= 4 is 5.97 Å². The zero-order chi connectivity index (χ0) is 16.6. The Labute approximate surface area is 137 Å². The van der Waals surface area contributed by atoms with Crippen molar-refractivity contribution in [2.24, 2.45) is 5.92 Å². The van der Waals surface area contributed by atoms with E-state index in [9.17, 15) is 9.90 Å². The Bertz CT molecular complexity index is 253. The van der Waals surface area contributed by atoms with Gasteiger partial charge in [-0.25, -0.2) is 0 Å². The van der Waals surface area contributed by atoms with Crippen LogP contribution in [0.1, 0.15) is 104 Å². The van der Waals surface area contributed by atoms with Crippen molar-refractivity contribution in [2.45, 2.75) is 110 Å². The van der Waals surface area contributed by atoms with Crippen LogP contribution in [0.3, 0.4) is 0 Å². The predicted molar refractivity (Wildman–Crippen MR) is 93.1 cm³/mol. The van der Waals surface area contributed by atoms with Crippen molar-refractivity contribution in [2.75, 3.05) is 0 Å². The first-order valence-corrected chi connectivity index (χ1v) is 9.47. The van der Waals surface area contributed by atoms with E-state index in [0.717, 1.165) is 51.4 Å². The minimum Gasteiger partial charge on any atom is -0.481 e. The lowest BCUT2D eigenvalue weighted by atomic mass is 9.93. The quantitative estimate of drug-likeness (QED) is 0.367.